The maximum absolute atomic E-state index is 14.3. The third-order valence-corrected chi connectivity index (χ3v) is 5.42. The number of rotatable bonds is 5. The zero-order valence-corrected chi connectivity index (χ0v) is 19.1. The summed E-state index contributed by atoms with van der Waals surface area (Å²) in [4.78, 5) is 34.0. The number of nitrogens with zero attached hydrogens (tertiary/aromatic N) is 7. The fourth-order valence-electron chi connectivity index (χ4n) is 3.60. The maximum atomic E-state index is 14.3. The van der Waals surface area contributed by atoms with Crippen molar-refractivity contribution in [3.8, 4) is 11.5 Å². The maximum Gasteiger partial charge on any atom is 0.434 e. The van der Waals surface area contributed by atoms with Gasteiger partial charge in [0, 0.05) is 5.39 Å². The molecule has 0 unspecified atom stereocenters. The summed E-state index contributed by atoms with van der Waals surface area (Å²) in [5.74, 6) is -1.90. The first-order valence-electron chi connectivity index (χ1n) is 10.3. The Morgan fingerprint density at radius 3 is 2.43 bits per heavy atom. The van der Waals surface area contributed by atoms with Gasteiger partial charge in [0.25, 0.3) is 11.8 Å². The van der Waals surface area contributed by atoms with E-state index in [1.54, 1.807) is 12.1 Å². The first-order chi connectivity index (χ1) is 17.6. The monoisotopic (exact) mass is 527 g/mol. The number of benzene rings is 1. The number of carbonyl (C=O) groups excluding carboxylic acids is 2. The number of pyridine rings is 2. The van der Waals surface area contributed by atoms with Gasteiger partial charge >= 0.3 is 6.18 Å². The van der Waals surface area contributed by atoms with Crippen LogP contribution in [-0.2, 0) is 6.18 Å². The third kappa shape index (κ3) is 4.45. The molecule has 0 aliphatic heterocycles. The molecule has 2 amide bonds. The van der Waals surface area contributed by atoms with Gasteiger partial charge in [0.05, 0.1) is 52.3 Å². The first-order valence-corrected chi connectivity index (χ1v) is 10.7. The van der Waals surface area contributed by atoms with Crippen LogP contribution in [0, 0.1) is 0 Å². The molecular formula is C22H13ClF3N9O2. The van der Waals surface area contributed by atoms with Crippen LogP contribution in [-0.4, -0.2) is 46.6 Å². The molecule has 1 aromatic carbocycles. The van der Waals surface area contributed by atoms with E-state index in [0.29, 0.717) is 4.68 Å². The van der Waals surface area contributed by atoms with Gasteiger partial charge in [-0.25, -0.2) is 14.6 Å². The predicted octanol–water partition coefficient (Wildman–Crippen LogP) is 3.42. The molecule has 37 heavy (non-hydrogen) atoms. The number of nitrogens with two attached hydrogens (primary N) is 1. The molecule has 0 bridgehead atoms. The third-order valence-electron chi connectivity index (χ3n) is 5.15. The molecule has 0 aliphatic carbocycles. The van der Waals surface area contributed by atoms with Crippen molar-refractivity contribution >= 4 is 40.0 Å². The van der Waals surface area contributed by atoms with Gasteiger partial charge in [-0.3, -0.25) is 9.59 Å². The summed E-state index contributed by atoms with van der Waals surface area (Å²) < 4.78 is 43.3. The van der Waals surface area contributed by atoms with Crippen molar-refractivity contribution in [2.75, 3.05) is 5.32 Å². The van der Waals surface area contributed by atoms with Crippen LogP contribution in [0.15, 0.2) is 61.2 Å². The number of carbonyl (C=O) groups is 2. The molecule has 4 aromatic heterocycles. The number of alkyl halides is 3. The lowest BCUT2D eigenvalue weighted by Crippen LogP contribution is -2.21. The number of fused-ring (bicyclic) bond motifs is 1. The Morgan fingerprint density at radius 2 is 1.76 bits per heavy atom. The fraction of sp³-hybridized carbons (Fsp3) is 0.0455. The smallest absolute Gasteiger partial charge is 0.364 e. The average molecular weight is 528 g/mol. The quantitative estimate of drug-likeness (QED) is 0.356. The van der Waals surface area contributed by atoms with Crippen LogP contribution in [0.4, 0.5) is 18.9 Å². The highest BCUT2D eigenvalue weighted by Gasteiger charge is 2.41. The molecule has 15 heteroatoms. The Kier molecular flexibility index (Phi) is 5.79. The molecule has 0 aliphatic rings. The van der Waals surface area contributed by atoms with Crippen molar-refractivity contribution in [3.63, 3.8) is 0 Å². The zero-order chi connectivity index (χ0) is 26.3. The standard InChI is InChI=1S/C22H13ClF3N9O2/c23-14-7-11(9-28-20(14)35-29-5-6-30-35)32-21(37)13-10-31-34(18(13)22(24,25)26)17-8-16(19(27)36)33-15-4-2-1-3-12(15)17/h1-10H,(H2,27,36)(H,32,37). The SMILES string of the molecule is NC(=O)c1cc(-n2ncc(C(=O)Nc3cnc(-n4nccn4)c(Cl)c3)c2C(F)(F)F)c2ccccc2n1. The van der Waals surface area contributed by atoms with E-state index in [4.69, 9.17) is 17.3 Å². The molecule has 0 radical (unpaired) electrons. The van der Waals surface area contributed by atoms with E-state index in [2.05, 4.69) is 30.6 Å². The number of anilines is 1. The molecule has 5 aromatic rings. The molecule has 0 fully saturated rings. The zero-order valence-electron chi connectivity index (χ0n) is 18.3. The van der Waals surface area contributed by atoms with E-state index < -0.39 is 29.2 Å². The van der Waals surface area contributed by atoms with Crippen LogP contribution in [0.1, 0.15) is 26.5 Å². The second-order valence-corrected chi connectivity index (χ2v) is 7.93. The van der Waals surface area contributed by atoms with Gasteiger partial charge in [-0.1, -0.05) is 29.8 Å². The van der Waals surface area contributed by atoms with E-state index >= 15 is 0 Å². The van der Waals surface area contributed by atoms with Gasteiger partial charge in [0.1, 0.15) is 5.69 Å². The topological polar surface area (TPSA) is 146 Å². The summed E-state index contributed by atoms with van der Waals surface area (Å²) in [5.41, 5.74) is 3.03. The highest BCUT2D eigenvalue weighted by atomic mass is 35.5. The van der Waals surface area contributed by atoms with Gasteiger partial charge in [-0.2, -0.15) is 28.5 Å². The van der Waals surface area contributed by atoms with Crippen LogP contribution in [0.25, 0.3) is 22.4 Å². The molecule has 11 nitrogen and oxygen atoms in total. The predicted molar refractivity (Wildman–Crippen MR) is 125 cm³/mol. The molecule has 0 atom stereocenters. The minimum atomic E-state index is -5.01. The van der Waals surface area contributed by atoms with E-state index in [9.17, 15) is 22.8 Å². The second kappa shape index (κ2) is 8.98. The van der Waals surface area contributed by atoms with Crippen molar-refractivity contribution in [2.24, 2.45) is 5.73 Å². The Hall–Kier alpha value is -4.85. The minimum absolute atomic E-state index is 0.0251. The van der Waals surface area contributed by atoms with Crippen LogP contribution in [0.3, 0.4) is 0 Å². The Morgan fingerprint density at radius 1 is 1.03 bits per heavy atom. The Bertz CT molecular complexity index is 1670. The highest BCUT2D eigenvalue weighted by Crippen LogP contribution is 2.35. The first kappa shape index (κ1) is 23.9. The van der Waals surface area contributed by atoms with Crippen molar-refractivity contribution in [1.82, 2.24) is 34.7 Å². The van der Waals surface area contributed by atoms with Gasteiger partial charge in [0.2, 0.25) is 0 Å². The number of hydrogen-bond acceptors (Lipinski definition) is 7. The van der Waals surface area contributed by atoms with Gasteiger partial charge in [0.15, 0.2) is 11.5 Å². The highest BCUT2D eigenvalue weighted by molar-refractivity contribution is 6.32. The lowest BCUT2D eigenvalue weighted by molar-refractivity contribution is -0.143. The molecule has 4 heterocycles. The van der Waals surface area contributed by atoms with E-state index in [0.717, 1.165) is 17.1 Å². The molecule has 0 spiro atoms. The van der Waals surface area contributed by atoms with Gasteiger partial charge in [-0.15, -0.1) is 4.80 Å². The van der Waals surface area contributed by atoms with Crippen LogP contribution in [0.5, 0.6) is 0 Å². The molecule has 186 valence electrons. The molecule has 5 rings (SSSR count). The van der Waals surface area contributed by atoms with Gasteiger partial charge in [-0.05, 0) is 18.2 Å². The Labute approximate surface area is 209 Å². The Balaban J connectivity index is 1.57. The normalized spacial score (nSPS) is 11.6. The van der Waals surface area contributed by atoms with Crippen LogP contribution < -0.4 is 11.1 Å². The number of amides is 2. The molecule has 3 N–H and O–H groups in total. The molecular weight excluding hydrogens is 515 g/mol. The van der Waals surface area contributed by atoms with Crippen LogP contribution >= 0.6 is 11.6 Å². The largest absolute Gasteiger partial charge is 0.434 e. The number of nitrogens with one attached hydrogen (secondary N) is 1. The van der Waals surface area contributed by atoms with E-state index in [-0.39, 0.29) is 38.8 Å². The summed E-state index contributed by atoms with van der Waals surface area (Å²) in [6.07, 6.45) is -0.235. The summed E-state index contributed by atoms with van der Waals surface area (Å²) in [6, 6.07) is 8.57. The van der Waals surface area contributed by atoms with E-state index in [1.165, 1.54) is 36.8 Å². The number of aromatic nitrogens is 7. The summed E-state index contributed by atoms with van der Waals surface area (Å²) >= 11 is 6.18. The second-order valence-electron chi connectivity index (χ2n) is 7.53. The lowest BCUT2D eigenvalue weighted by Gasteiger charge is -2.15. The summed E-state index contributed by atoms with van der Waals surface area (Å²) in [5, 5.41) is 14.3. The fourth-order valence-corrected chi connectivity index (χ4v) is 3.84. The number of para-hydroxylation sites is 1. The van der Waals surface area contributed by atoms with Crippen molar-refractivity contribution in [2.45, 2.75) is 6.18 Å². The minimum Gasteiger partial charge on any atom is -0.364 e. The average Bonchev–Trinajstić information content (AvgIpc) is 3.54. The number of halogens is 4. The van der Waals surface area contributed by atoms with Crippen molar-refractivity contribution in [1.29, 1.82) is 0 Å². The van der Waals surface area contributed by atoms with Gasteiger partial charge < -0.3 is 11.1 Å². The lowest BCUT2D eigenvalue weighted by atomic mass is 10.1. The molecule has 0 saturated heterocycles. The summed E-state index contributed by atoms with van der Waals surface area (Å²) in [6.45, 7) is 0. The molecule has 0 saturated carbocycles. The van der Waals surface area contributed by atoms with Crippen molar-refractivity contribution in [3.05, 3.63) is 83.2 Å². The van der Waals surface area contributed by atoms with E-state index in [1.807, 2.05) is 0 Å². The van der Waals surface area contributed by atoms with Crippen molar-refractivity contribution < 1.29 is 22.8 Å². The summed E-state index contributed by atoms with van der Waals surface area (Å²) in [7, 11) is 0. The van der Waals surface area contributed by atoms with Crippen LogP contribution in [0.2, 0.25) is 5.02 Å². The number of hydrogen-bond donors (Lipinski definition) is 2. The number of primary amides is 1.